The average molecular weight is 272 g/mol. The number of carbonyl (C=O) groups excluding carboxylic acids is 1. The number of rotatable bonds is 0. The van der Waals surface area contributed by atoms with Crippen molar-refractivity contribution in [2.24, 2.45) is 11.1 Å². The smallest absolute Gasteiger partial charge is 0.410 e. The second-order valence-corrected chi connectivity index (χ2v) is 7.67. The summed E-state index contributed by atoms with van der Waals surface area (Å²) >= 11 is 1.99. The summed E-state index contributed by atoms with van der Waals surface area (Å²) in [5.41, 5.74) is 5.99. The van der Waals surface area contributed by atoms with E-state index in [9.17, 15) is 4.79 Å². The molecule has 2 aliphatic heterocycles. The SMILES string of the molecule is CC(C)(C)OC(=O)N1CC(N)C2(CCSCC2)C1. The predicted octanol–water partition coefficient (Wildman–Crippen LogP) is 2.08. The van der Waals surface area contributed by atoms with Crippen LogP contribution in [-0.4, -0.2) is 47.2 Å². The summed E-state index contributed by atoms with van der Waals surface area (Å²) in [6, 6.07) is 0.103. The number of nitrogens with two attached hydrogens (primary N) is 1. The lowest BCUT2D eigenvalue weighted by Gasteiger charge is -2.36. The van der Waals surface area contributed by atoms with Crippen LogP contribution in [-0.2, 0) is 4.74 Å². The Morgan fingerprint density at radius 1 is 1.39 bits per heavy atom. The van der Waals surface area contributed by atoms with Gasteiger partial charge < -0.3 is 15.4 Å². The fourth-order valence-electron chi connectivity index (χ4n) is 2.77. The van der Waals surface area contributed by atoms with Crippen LogP contribution in [0.25, 0.3) is 0 Å². The largest absolute Gasteiger partial charge is 0.444 e. The second-order valence-electron chi connectivity index (χ2n) is 6.44. The van der Waals surface area contributed by atoms with Crippen LogP contribution in [0.4, 0.5) is 4.79 Å². The Hall–Kier alpha value is -0.420. The van der Waals surface area contributed by atoms with Gasteiger partial charge in [0, 0.05) is 24.5 Å². The number of hydrogen-bond acceptors (Lipinski definition) is 4. The van der Waals surface area contributed by atoms with Gasteiger partial charge in [-0.3, -0.25) is 0 Å². The quantitative estimate of drug-likeness (QED) is 0.733. The summed E-state index contributed by atoms with van der Waals surface area (Å²) < 4.78 is 5.43. The van der Waals surface area contributed by atoms with E-state index in [1.54, 1.807) is 4.90 Å². The molecule has 2 saturated heterocycles. The second kappa shape index (κ2) is 4.93. The molecule has 2 aliphatic rings. The number of thioether (sulfide) groups is 1. The monoisotopic (exact) mass is 272 g/mol. The molecular formula is C13H24N2O2S. The highest BCUT2D eigenvalue weighted by atomic mass is 32.2. The van der Waals surface area contributed by atoms with Crippen molar-refractivity contribution < 1.29 is 9.53 Å². The van der Waals surface area contributed by atoms with Crippen LogP contribution in [0, 0.1) is 5.41 Å². The molecule has 1 atom stereocenters. The summed E-state index contributed by atoms with van der Waals surface area (Å²) in [5.74, 6) is 2.33. The maximum absolute atomic E-state index is 12.1. The maximum atomic E-state index is 12.1. The third kappa shape index (κ3) is 2.94. The zero-order valence-electron chi connectivity index (χ0n) is 11.6. The molecule has 1 unspecified atom stereocenters. The van der Waals surface area contributed by atoms with Crippen molar-refractivity contribution in [1.29, 1.82) is 0 Å². The van der Waals surface area contributed by atoms with E-state index in [0.717, 1.165) is 30.9 Å². The molecule has 0 saturated carbocycles. The minimum Gasteiger partial charge on any atom is -0.444 e. The highest BCUT2D eigenvalue weighted by molar-refractivity contribution is 7.99. The lowest BCUT2D eigenvalue weighted by molar-refractivity contribution is 0.0270. The molecule has 0 aromatic rings. The van der Waals surface area contributed by atoms with Gasteiger partial charge in [-0.1, -0.05) is 0 Å². The Morgan fingerprint density at radius 2 is 2.00 bits per heavy atom. The molecule has 0 aliphatic carbocycles. The van der Waals surface area contributed by atoms with Crippen LogP contribution in [0.3, 0.4) is 0 Å². The first kappa shape index (κ1) is 14.0. The molecule has 1 spiro atoms. The van der Waals surface area contributed by atoms with Crippen LogP contribution in [0.1, 0.15) is 33.6 Å². The number of likely N-dealkylation sites (tertiary alicyclic amines) is 1. The lowest BCUT2D eigenvalue weighted by Crippen LogP contribution is -2.43. The van der Waals surface area contributed by atoms with Gasteiger partial charge in [0.25, 0.3) is 0 Å². The molecule has 2 fully saturated rings. The first-order valence-electron chi connectivity index (χ1n) is 6.64. The van der Waals surface area contributed by atoms with Crippen molar-refractivity contribution in [3.63, 3.8) is 0 Å². The molecule has 4 nitrogen and oxygen atoms in total. The zero-order chi connectivity index (χ0) is 13.4. The summed E-state index contributed by atoms with van der Waals surface area (Å²) in [5, 5.41) is 0. The number of amides is 1. The molecule has 2 heterocycles. The van der Waals surface area contributed by atoms with Gasteiger partial charge in [-0.05, 0) is 45.1 Å². The molecule has 18 heavy (non-hydrogen) atoms. The Kier molecular flexibility index (Phi) is 3.83. The standard InChI is InChI=1S/C13H24N2O2S/c1-12(2,3)17-11(16)15-8-10(14)13(9-15)4-6-18-7-5-13/h10H,4-9,14H2,1-3H3. The summed E-state index contributed by atoms with van der Waals surface area (Å²) in [6.45, 7) is 7.10. The lowest BCUT2D eigenvalue weighted by atomic mass is 9.78. The van der Waals surface area contributed by atoms with Crippen molar-refractivity contribution in [1.82, 2.24) is 4.90 Å². The summed E-state index contributed by atoms with van der Waals surface area (Å²) in [6.07, 6.45) is 2.03. The van der Waals surface area contributed by atoms with E-state index in [1.807, 2.05) is 32.5 Å². The van der Waals surface area contributed by atoms with Crippen LogP contribution >= 0.6 is 11.8 Å². The van der Waals surface area contributed by atoms with Crippen molar-refractivity contribution in [3.8, 4) is 0 Å². The highest BCUT2D eigenvalue weighted by Gasteiger charge is 2.47. The van der Waals surface area contributed by atoms with Crippen molar-refractivity contribution in [2.75, 3.05) is 24.6 Å². The molecule has 5 heteroatoms. The Labute approximate surface area is 114 Å². The summed E-state index contributed by atoms with van der Waals surface area (Å²) in [7, 11) is 0. The van der Waals surface area contributed by atoms with Gasteiger partial charge in [-0.2, -0.15) is 11.8 Å². The van der Waals surface area contributed by atoms with Gasteiger partial charge in [0.15, 0.2) is 0 Å². The first-order chi connectivity index (χ1) is 8.32. The zero-order valence-corrected chi connectivity index (χ0v) is 12.4. The van der Waals surface area contributed by atoms with Crippen LogP contribution < -0.4 is 5.73 Å². The van der Waals surface area contributed by atoms with E-state index in [2.05, 4.69) is 0 Å². The van der Waals surface area contributed by atoms with E-state index in [-0.39, 0.29) is 17.6 Å². The van der Waals surface area contributed by atoms with Crippen LogP contribution in [0.5, 0.6) is 0 Å². The highest BCUT2D eigenvalue weighted by Crippen LogP contribution is 2.42. The van der Waals surface area contributed by atoms with E-state index in [4.69, 9.17) is 10.5 Å². The predicted molar refractivity (Wildman–Crippen MR) is 74.8 cm³/mol. The Bertz CT molecular complexity index is 321. The van der Waals surface area contributed by atoms with Crippen LogP contribution in [0.15, 0.2) is 0 Å². The van der Waals surface area contributed by atoms with Gasteiger partial charge in [0.2, 0.25) is 0 Å². The van der Waals surface area contributed by atoms with Crippen molar-refractivity contribution in [3.05, 3.63) is 0 Å². The minimum absolute atomic E-state index is 0.103. The van der Waals surface area contributed by atoms with Gasteiger partial charge in [-0.25, -0.2) is 4.79 Å². The van der Waals surface area contributed by atoms with Gasteiger partial charge >= 0.3 is 6.09 Å². The maximum Gasteiger partial charge on any atom is 0.410 e. The summed E-state index contributed by atoms with van der Waals surface area (Å²) in [4.78, 5) is 13.9. The number of nitrogens with zero attached hydrogens (tertiary/aromatic N) is 1. The molecule has 0 radical (unpaired) electrons. The molecular weight excluding hydrogens is 248 g/mol. The molecule has 0 aromatic heterocycles. The fraction of sp³-hybridized carbons (Fsp3) is 0.923. The molecule has 0 aromatic carbocycles. The topological polar surface area (TPSA) is 55.6 Å². The van der Waals surface area contributed by atoms with Gasteiger partial charge in [0.1, 0.15) is 5.60 Å². The molecule has 0 bridgehead atoms. The van der Waals surface area contributed by atoms with Crippen LogP contribution in [0.2, 0.25) is 0 Å². The normalized spacial score (nSPS) is 27.6. The Balaban J connectivity index is 1.99. The number of ether oxygens (including phenoxy) is 1. The number of carbonyl (C=O) groups is 1. The molecule has 1 amide bonds. The molecule has 104 valence electrons. The average Bonchev–Trinajstić information content (AvgIpc) is 2.56. The third-order valence-electron chi connectivity index (χ3n) is 3.85. The molecule has 2 N–H and O–H groups in total. The minimum atomic E-state index is -0.431. The van der Waals surface area contributed by atoms with Gasteiger partial charge in [-0.15, -0.1) is 0 Å². The van der Waals surface area contributed by atoms with E-state index < -0.39 is 5.60 Å². The van der Waals surface area contributed by atoms with E-state index in [0.29, 0.717) is 6.54 Å². The first-order valence-corrected chi connectivity index (χ1v) is 7.79. The third-order valence-corrected chi connectivity index (χ3v) is 4.84. The van der Waals surface area contributed by atoms with Crippen molar-refractivity contribution in [2.45, 2.75) is 45.3 Å². The molecule has 2 rings (SSSR count). The van der Waals surface area contributed by atoms with E-state index in [1.165, 1.54) is 0 Å². The van der Waals surface area contributed by atoms with Crippen molar-refractivity contribution >= 4 is 17.9 Å². The fourth-order valence-corrected chi connectivity index (χ4v) is 4.07. The Morgan fingerprint density at radius 3 is 2.56 bits per heavy atom. The van der Waals surface area contributed by atoms with E-state index >= 15 is 0 Å². The number of hydrogen-bond donors (Lipinski definition) is 1. The van der Waals surface area contributed by atoms with Gasteiger partial charge in [0.05, 0.1) is 0 Å².